The highest BCUT2D eigenvalue weighted by atomic mass is 16.5. The first-order chi connectivity index (χ1) is 10.2. The number of nitrogens with one attached hydrogen (secondary N) is 1. The monoisotopic (exact) mass is 284 g/mol. The summed E-state index contributed by atoms with van der Waals surface area (Å²) < 4.78 is 5.25. The summed E-state index contributed by atoms with van der Waals surface area (Å²) in [5, 5.41) is 2.85. The van der Waals surface area contributed by atoms with E-state index in [4.69, 9.17) is 10.5 Å². The molecule has 1 atom stereocenters. The molecule has 0 aliphatic heterocycles. The van der Waals surface area contributed by atoms with E-state index in [2.05, 4.69) is 5.32 Å². The summed E-state index contributed by atoms with van der Waals surface area (Å²) in [7, 11) is 1.61. The Hall–Kier alpha value is -2.33. The van der Waals surface area contributed by atoms with E-state index in [0.717, 1.165) is 16.9 Å². The Kier molecular flexibility index (Phi) is 5.35. The van der Waals surface area contributed by atoms with E-state index >= 15 is 0 Å². The first-order valence-electron chi connectivity index (χ1n) is 6.90. The first-order valence-corrected chi connectivity index (χ1v) is 6.90. The van der Waals surface area contributed by atoms with Crippen molar-refractivity contribution < 1.29 is 9.53 Å². The molecule has 0 unspecified atom stereocenters. The van der Waals surface area contributed by atoms with Gasteiger partial charge in [0.05, 0.1) is 13.2 Å². The Balaban J connectivity index is 1.89. The molecule has 0 bridgehead atoms. The van der Waals surface area contributed by atoms with Gasteiger partial charge in [-0.3, -0.25) is 4.79 Å². The molecule has 0 fully saturated rings. The van der Waals surface area contributed by atoms with Gasteiger partial charge in [-0.15, -0.1) is 0 Å². The van der Waals surface area contributed by atoms with Crippen LogP contribution < -0.4 is 15.8 Å². The lowest BCUT2D eigenvalue weighted by atomic mass is 10.1. The van der Waals surface area contributed by atoms with Crippen LogP contribution in [-0.4, -0.2) is 19.1 Å². The molecule has 2 aromatic rings. The van der Waals surface area contributed by atoms with Gasteiger partial charge >= 0.3 is 0 Å². The number of carbonyl (C=O) groups is 1. The average molecular weight is 284 g/mol. The van der Waals surface area contributed by atoms with E-state index in [1.165, 1.54) is 0 Å². The van der Waals surface area contributed by atoms with Crippen LogP contribution in [0.5, 0.6) is 5.75 Å². The highest BCUT2D eigenvalue weighted by Gasteiger charge is 2.14. The fourth-order valence-corrected chi connectivity index (χ4v) is 2.12. The smallest absolute Gasteiger partial charge is 0.237 e. The van der Waals surface area contributed by atoms with Crippen LogP contribution in [-0.2, 0) is 17.8 Å². The molecule has 0 spiro atoms. The highest BCUT2D eigenvalue weighted by molar-refractivity contribution is 5.81. The molecule has 0 saturated heterocycles. The third kappa shape index (κ3) is 4.33. The number of methoxy groups -OCH3 is 1. The molecular weight excluding hydrogens is 264 g/mol. The van der Waals surface area contributed by atoms with Crippen molar-refractivity contribution in [3.63, 3.8) is 0 Å². The van der Waals surface area contributed by atoms with Crippen molar-refractivity contribution in [2.24, 2.45) is 5.73 Å². The Morgan fingerprint density at radius 3 is 2.52 bits per heavy atom. The lowest BCUT2D eigenvalue weighted by Crippen LogP contribution is -2.41. The molecule has 110 valence electrons. The lowest BCUT2D eigenvalue weighted by molar-refractivity contribution is -0.122. The van der Waals surface area contributed by atoms with Gasteiger partial charge in [0, 0.05) is 12.1 Å². The average Bonchev–Trinajstić information content (AvgIpc) is 2.53. The molecule has 2 rings (SSSR count). The summed E-state index contributed by atoms with van der Waals surface area (Å²) in [6, 6.07) is 16.8. The van der Waals surface area contributed by atoms with E-state index in [9.17, 15) is 4.79 Å². The maximum absolute atomic E-state index is 12.0. The standard InChI is InChI=1S/C17H20N2O2/c1-21-16-10-6-5-9-14(16)12-19-17(20)15(18)11-13-7-3-2-4-8-13/h2-10,15H,11-12,18H2,1H3,(H,19,20)/t15-/m1/s1. The molecule has 2 aromatic carbocycles. The Bertz CT molecular complexity index is 584. The molecule has 4 nitrogen and oxygen atoms in total. The van der Waals surface area contributed by atoms with Crippen LogP contribution in [0.15, 0.2) is 54.6 Å². The van der Waals surface area contributed by atoms with E-state index in [1.807, 2.05) is 54.6 Å². The fraction of sp³-hybridized carbons (Fsp3) is 0.235. The molecule has 0 saturated carbocycles. The minimum Gasteiger partial charge on any atom is -0.496 e. The number of benzene rings is 2. The largest absolute Gasteiger partial charge is 0.496 e. The molecule has 3 N–H and O–H groups in total. The number of carbonyl (C=O) groups excluding carboxylic acids is 1. The van der Waals surface area contributed by atoms with Crippen molar-refractivity contribution in [1.82, 2.24) is 5.32 Å². The fourth-order valence-electron chi connectivity index (χ4n) is 2.12. The molecule has 21 heavy (non-hydrogen) atoms. The van der Waals surface area contributed by atoms with Gasteiger partial charge < -0.3 is 15.8 Å². The van der Waals surface area contributed by atoms with Crippen molar-refractivity contribution >= 4 is 5.91 Å². The van der Waals surface area contributed by atoms with Gasteiger partial charge in [0.2, 0.25) is 5.91 Å². The summed E-state index contributed by atoms with van der Waals surface area (Å²) in [6.07, 6.45) is 0.526. The van der Waals surface area contributed by atoms with Crippen LogP contribution in [0.3, 0.4) is 0 Å². The number of hydrogen-bond donors (Lipinski definition) is 2. The van der Waals surface area contributed by atoms with Gasteiger partial charge in [-0.2, -0.15) is 0 Å². The van der Waals surface area contributed by atoms with Crippen molar-refractivity contribution in [1.29, 1.82) is 0 Å². The summed E-state index contributed by atoms with van der Waals surface area (Å²) in [4.78, 5) is 12.0. The molecule has 0 aliphatic carbocycles. The van der Waals surface area contributed by atoms with Crippen molar-refractivity contribution in [3.8, 4) is 5.75 Å². The van der Waals surface area contributed by atoms with Gasteiger partial charge in [-0.1, -0.05) is 48.5 Å². The molecule has 0 radical (unpaired) electrons. The molecule has 4 heteroatoms. The zero-order valence-corrected chi connectivity index (χ0v) is 12.1. The van der Waals surface area contributed by atoms with Crippen LogP contribution in [0.4, 0.5) is 0 Å². The first kappa shape index (κ1) is 15.1. The maximum atomic E-state index is 12.0. The van der Waals surface area contributed by atoms with Crippen molar-refractivity contribution in [3.05, 3.63) is 65.7 Å². The zero-order valence-electron chi connectivity index (χ0n) is 12.1. The Labute approximate surface area is 124 Å². The third-order valence-electron chi connectivity index (χ3n) is 3.28. The quantitative estimate of drug-likeness (QED) is 0.851. The van der Waals surface area contributed by atoms with E-state index in [0.29, 0.717) is 13.0 Å². The Morgan fingerprint density at radius 2 is 1.81 bits per heavy atom. The highest BCUT2D eigenvalue weighted by Crippen LogP contribution is 2.16. The second kappa shape index (κ2) is 7.45. The third-order valence-corrected chi connectivity index (χ3v) is 3.28. The normalized spacial score (nSPS) is 11.7. The second-order valence-electron chi connectivity index (χ2n) is 4.83. The predicted octanol–water partition coefficient (Wildman–Crippen LogP) is 1.88. The van der Waals surface area contributed by atoms with Crippen molar-refractivity contribution in [2.75, 3.05) is 7.11 Å². The van der Waals surface area contributed by atoms with Crippen LogP contribution in [0.1, 0.15) is 11.1 Å². The molecule has 1 amide bonds. The number of para-hydroxylation sites is 1. The predicted molar refractivity (Wildman–Crippen MR) is 83.0 cm³/mol. The summed E-state index contributed by atoms with van der Waals surface area (Å²) in [5.74, 6) is 0.596. The van der Waals surface area contributed by atoms with Crippen LogP contribution in [0, 0.1) is 0 Å². The number of rotatable bonds is 6. The minimum atomic E-state index is -0.554. The topological polar surface area (TPSA) is 64.3 Å². The summed E-state index contributed by atoms with van der Waals surface area (Å²) in [6.45, 7) is 0.408. The number of hydrogen-bond acceptors (Lipinski definition) is 3. The minimum absolute atomic E-state index is 0.162. The zero-order chi connectivity index (χ0) is 15.1. The van der Waals surface area contributed by atoms with Crippen LogP contribution in [0.25, 0.3) is 0 Å². The number of amides is 1. The summed E-state index contributed by atoms with van der Waals surface area (Å²) in [5.41, 5.74) is 7.92. The van der Waals surface area contributed by atoms with Crippen LogP contribution >= 0.6 is 0 Å². The molecule has 0 aromatic heterocycles. The van der Waals surface area contributed by atoms with Gasteiger partial charge in [0.25, 0.3) is 0 Å². The molecule has 0 heterocycles. The van der Waals surface area contributed by atoms with Gasteiger partial charge in [-0.25, -0.2) is 0 Å². The second-order valence-corrected chi connectivity index (χ2v) is 4.83. The summed E-state index contributed by atoms with van der Waals surface area (Å²) >= 11 is 0. The van der Waals surface area contributed by atoms with E-state index in [-0.39, 0.29) is 5.91 Å². The number of nitrogens with two attached hydrogens (primary N) is 1. The number of ether oxygens (including phenoxy) is 1. The van der Waals surface area contributed by atoms with Gasteiger partial charge in [0.15, 0.2) is 0 Å². The molecular formula is C17H20N2O2. The van der Waals surface area contributed by atoms with Crippen molar-refractivity contribution in [2.45, 2.75) is 19.0 Å². The lowest BCUT2D eigenvalue weighted by Gasteiger charge is -2.13. The van der Waals surface area contributed by atoms with Gasteiger partial charge in [-0.05, 0) is 18.1 Å². The van der Waals surface area contributed by atoms with Crippen LogP contribution in [0.2, 0.25) is 0 Å². The maximum Gasteiger partial charge on any atom is 0.237 e. The van der Waals surface area contributed by atoms with E-state index in [1.54, 1.807) is 7.11 Å². The van der Waals surface area contributed by atoms with Gasteiger partial charge in [0.1, 0.15) is 5.75 Å². The molecule has 0 aliphatic rings. The SMILES string of the molecule is COc1ccccc1CNC(=O)[C@H](N)Cc1ccccc1. The Morgan fingerprint density at radius 1 is 1.14 bits per heavy atom. The van der Waals surface area contributed by atoms with E-state index < -0.39 is 6.04 Å².